The number of carbonyl (C=O) groups is 1. The SMILES string of the molecule is C/C(NOCC(O)CO)=C1\CC[C@H]2[C@@H]3CCC4=CC(=O)CC[C@]4(C)[C@H]3CC[C@]12C. The Kier molecular flexibility index (Phi) is 5.69. The number of aliphatic hydroxyl groups is 2. The number of hydrogen-bond acceptors (Lipinski definition) is 5. The molecule has 5 heteroatoms. The Morgan fingerprint density at radius 2 is 1.93 bits per heavy atom. The molecule has 162 valence electrons. The highest BCUT2D eigenvalue weighted by atomic mass is 16.6. The smallest absolute Gasteiger partial charge is 0.155 e. The number of rotatable bonds is 5. The van der Waals surface area contributed by atoms with Crippen molar-refractivity contribution in [2.45, 2.75) is 78.2 Å². The van der Waals surface area contributed by atoms with Crippen LogP contribution in [0.2, 0.25) is 0 Å². The third-order valence-electron chi connectivity index (χ3n) is 8.91. The summed E-state index contributed by atoms with van der Waals surface area (Å²) in [5.41, 5.74) is 7.45. The van der Waals surface area contributed by atoms with E-state index in [4.69, 9.17) is 9.94 Å². The van der Waals surface area contributed by atoms with Gasteiger partial charge in [-0.15, -0.1) is 0 Å². The first kappa shape index (κ1) is 21.1. The Labute approximate surface area is 174 Å². The number of allylic oxidation sites excluding steroid dienone is 3. The lowest BCUT2D eigenvalue weighted by Crippen LogP contribution is -2.49. The number of hydrogen-bond donors (Lipinski definition) is 3. The zero-order chi connectivity index (χ0) is 20.8. The van der Waals surface area contributed by atoms with Crippen molar-refractivity contribution in [2.75, 3.05) is 13.2 Å². The van der Waals surface area contributed by atoms with Crippen molar-refractivity contribution < 1.29 is 19.8 Å². The van der Waals surface area contributed by atoms with E-state index in [-0.39, 0.29) is 24.0 Å². The van der Waals surface area contributed by atoms with Gasteiger partial charge in [0.15, 0.2) is 5.78 Å². The second-order valence-electron chi connectivity index (χ2n) is 10.3. The maximum atomic E-state index is 12.0. The van der Waals surface area contributed by atoms with E-state index in [1.807, 2.05) is 6.08 Å². The molecule has 4 rings (SSSR count). The fourth-order valence-electron chi connectivity index (χ4n) is 7.35. The molecule has 0 aliphatic heterocycles. The summed E-state index contributed by atoms with van der Waals surface area (Å²) in [6.45, 7) is 6.75. The van der Waals surface area contributed by atoms with Crippen LogP contribution in [0.1, 0.15) is 72.1 Å². The van der Waals surface area contributed by atoms with Crippen molar-refractivity contribution in [1.82, 2.24) is 5.48 Å². The molecular formula is C24H37NO4. The van der Waals surface area contributed by atoms with Crippen LogP contribution in [0.3, 0.4) is 0 Å². The van der Waals surface area contributed by atoms with Crippen LogP contribution >= 0.6 is 0 Å². The first-order valence-electron chi connectivity index (χ1n) is 11.4. The molecule has 29 heavy (non-hydrogen) atoms. The minimum Gasteiger partial charge on any atom is -0.394 e. The van der Waals surface area contributed by atoms with Gasteiger partial charge in [0.05, 0.1) is 6.61 Å². The predicted molar refractivity (Wildman–Crippen MR) is 112 cm³/mol. The molecule has 0 heterocycles. The fraction of sp³-hybridized carbons (Fsp3) is 0.792. The number of carbonyl (C=O) groups excluding carboxylic acids is 1. The molecule has 0 aromatic rings. The van der Waals surface area contributed by atoms with Crippen LogP contribution in [0.15, 0.2) is 22.9 Å². The fourth-order valence-corrected chi connectivity index (χ4v) is 7.35. The zero-order valence-corrected chi connectivity index (χ0v) is 18.2. The second-order valence-corrected chi connectivity index (χ2v) is 10.3. The molecule has 3 saturated carbocycles. The highest BCUT2D eigenvalue weighted by molar-refractivity contribution is 5.91. The van der Waals surface area contributed by atoms with Crippen LogP contribution in [-0.4, -0.2) is 35.3 Å². The van der Waals surface area contributed by atoms with Crippen LogP contribution in [0.4, 0.5) is 0 Å². The van der Waals surface area contributed by atoms with E-state index in [0.717, 1.165) is 37.3 Å². The summed E-state index contributed by atoms with van der Waals surface area (Å²) < 4.78 is 0. The molecule has 3 N–H and O–H groups in total. The lowest BCUT2D eigenvalue weighted by atomic mass is 9.47. The van der Waals surface area contributed by atoms with Gasteiger partial charge in [0.2, 0.25) is 0 Å². The summed E-state index contributed by atoms with van der Waals surface area (Å²) in [6, 6.07) is 0. The lowest BCUT2D eigenvalue weighted by molar-refractivity contribution is -0.117. The Hall–Kier alpha value is -1.17. The van der Waals surface area contributed by atoms with Gasteiger partial charge < -0.3 is 10.2 Å². The molecule has 0 spiro atoms. The van der Waals surface area contributed by atoms with Crippen LogP contribution in [0.5, 0.6) is 0 Å². The molecule has 4 aliphatic rings. The normalized spacial score (nSPS) is 41.8. The van der Waals surface area contributed by atoms with Gasteiger partial charge in [0, 0.05) is 12.1 Å². The number of hydroxylamine groups is 1. The molecule has 0 amide bonds. The van der Waals surface area contributed by atoms with Crippen molar-refractivity contribution in [3.8, 4) is 0 Å². The van der Waals surface area contributed by atoms with Gasteiger partial charge in [-0.3, -0.25) is 15.1 Å². The minimum atomic E-state index is -0.852. The van der Waals surface area contributed by atoms with E-state index in [9.17, 15) is 9.90 Å². The van der Waals surface area contributed by atoms with E-state index in [2.05, 4.69) is 26.3 Å². The third-order valence-corrected chi connectivity index (χ3v) is 8.91. The average molecular weight is 404 g/mol. The standard InChI is InChI=1S/C24H37NO4/c1-15(25-29-14-18(28)13-26)20-6-7-21-19-5-4-16-12-17(27)8-10-23(16,2)22(19)9-11-24(20,21)3/h12,18-19,21-22,25-26,28H,4-11,13-14H2,1-3H3/b20-15-/t18?,19-,21-,22-,23-,24+/m0/s1. The molecule has 0 radical (unpaired) electrons. The number of fused-ring (bicyclic) bond motifs is 5. The third kappa shape index (κ3) is 3.49. The number of ketones is 1. The van der Waals surface area contributed by atoms with Crippen molar-refractivity contribution in [1.29, 1.82) is 0 Å². The summed E-state index contributed by atoms with van der Waals surface area (Å²) in [5.74, 6) is 2.48. The van der Waals surface area contributed by atoms with Gasteiger partial charge >= 0.3 is 0 Å². The summed E-state index contributed by atoms with van der Waals surface area (Å²) in [6.07, 6.45) is 9.97. The average Bonchev–Trinajstić information content (AvgIpc) is 3.05. The number of nitrogens with one attached hydrogen (secondary N) is 1. The quantitative estimate of drug-likeness (QED) is 0.611. The van der Waals surface area contributed by atoms with Crippen molar-refractivity contribution in [2.24, 2.45) is 28.6 Å². The van der Waals surface area contributed by atoms with E-state index < -0.39 is 6.10 Å². The molecule has 6 atom stereocenters. The molecule has 3 fully saturated rings. The highest BCUT2D eigenvalue weighted by Gasteiger charge is 2.57. The summed E-state index contributed by atoms with van der Waals surface area (Å²) >= 11 is 0. The van der Waals surface area contributed by atoms with Crippen LogP contribution in [0.25, 0.3) is 0 Å². The summed E-state index contributed by atoms with van der Waals surface area (Å²) in [5, 5.41) is 18.4. The first-order chi connectivity index (χ1) is 13.8. The maximum absolute atomic E-state index is 12.0. The van der Waals surface area contributed by atoms with Crippen molar-refractivity contribution in [3.05, 3.63) is 22.9 Å². The Balaban J connectivity index is 1.52. The highest BCUT2D eigenvalue weighted by Crippen LogP contribution is 2.66. The van der Waals surface area contributed by atoms with E-state index in [1.54, 1.807) is 0 Å². The van der Waals surface area contributed by atoms with Crippen LogP contribution < -0.4 is 5.48 Å². The first-order valence-corrected chi connectivity index (χ1v) is 11.4. The summed E-state index contributed by atoms with van der Waals surface area (Å²) in [4.78, 5) is 17.4. The predicted octanol–water partition coefficient (Wildman–Crippen LogP) is 3.67. The monoisotopic (exact) mass is 403 g/mol. The van der Waals surface area contributed by atoms with E-state index in [1.165, 1.54) is 36.8 Å². The molecule has 0 saturated heterocycles. The largest absolute Gasteiger partial charge is 0.394 e. The van der Waals surface area contributed by atoms with Gasteiger partial charge in [-0.25, -0.2) is 0 Å². The molecule has 5 nitrogen and oxygen atoms in total. The molecule has 0 aromatic carbocycles. The molecule has 4 aliphatic carbocycles. The van der Waals surface area contributed by atoms with Crippen LogP contribution in [-0.2, 0) is 9.63 Å². The molecular weight excluding hydrogens is 366 g/mol. The minimum absolute atomic E-state index is 0.0815. The lowest BCUT2D eigenvalue weighted by Gasteiger charge is -2.57. The molecule has 1 unspecified atom stereocenters. The molecule has 0 bridgehead atoms. The van der Waals surface area contributed by atoms with Gasteiger partial charge in [0.1, 0.15) is 12.7 Å². The van der Waals surface area contributed by atoms with Crippen molar-refractivity contribution >= 4 is 5.78 Å². The maximum Gasteiger partial charge on any atom is 0.155 e. The summed E-state index contributed by atoms with van der Waals surface area (Å²) in [7, 11) is 0. The van der Waals surface area contributed by atoms with Crippen LogP contribution in [0, 0.1) is 28.6 Å². The van der Waals surface area contributed by atoms with Gasteiger partial charge in [-0.1, -0.05) is 19.4 Å². The Bertz CT molecular complexity index is 728. The van der Waals surface area contributed by atoms with E-state index >= 15 is 0 Å². The van der Waals surface area contributed by atoms with Gasteiger partial charge in [-0.2, -0.15) is 0 Å². The van der Waals surface area contributed by atoms with E-state index in [0.29, 0.717) is 17.6 Å². The van der Waals surface area contributed by atoms with Crippen molar-refractivity contribution in [3.63, 3.8) is 0 Å². The Morgan fingerprint density at radius 1 is 1.17 bits per heavy atom. The van der Waals surface area contributed by atoms with Gasteiger partial charge in [0.25, 0.3) is 0 Å². The second kappa shape index (κ2) is 7.82. The zero-order valence-electron chi connectivity index (χ0n) is 18.2. The topological polar surface area (TPSA) is 78.8 Å². The number of aliphatic hydroxyl groups excluding tert-OH is 2. The Morgan fingerprint density at radius 3 is 2.69 bits per heavy atom. The van der Waals surface area contributed by atoms with Gasteiger partial charge in [-0.05, 0) is 92.1 Å². The molecule has 0 aromatic heterocycles.